The van der Waals surface area contributed by atoms with E-state index in [1.165, 1.54) is 6.07 Å². The molecule has 7 nitrogen and oxygen atoms in total. The average Bonchev–Trinajstić information content (AvgIpc) is 2.54. The highest BCUT2D eigenvalue weighted by Gasteiger charge is 2.21. The molecule has 1 atom stereocenters. The minimum Gasteiger partial charge on any atom is -0.355 e. The number of nitrogens with zero attached hydrogens (tertiary/aromatic N) is 3. The molecule has 2 aromatic rings. The first-order valence-electron chi connectivity index (χ1n) is 8.08. The van der Waals surface area contributed by atoms with Crippen LogP contribution in [0, 0.1) is 6.92 Å². The van der Waals surface area contributed by atoms with E-state index in [0.717, 1.165) is 37.3 Å². The van der Waals surface area contributed by atoms with Crippen LogP contribution in [0.15, 0.2) is 29.2 Å². The summed E-state index contributed by atoms with van der Waals surface area (Å²) in [6, 6.07) is 5.45. The summed E-state index contributed by atoms with van der Waals surface area (Å²) in [6.45, 7) is 5.01. The first-order valence-corrected chi connectivity index (χ1v) is 8.08. The molecule has 0 saturated carbocycles. The van der Waals surface area contributed by atoms with Gasteiger partial charge in [-0.05, 0) is 31.9 Å². The summed E-state index contributed by atoms with van der Waals surface area (Å²) in [5.74, 6) is 1.39. The number of hydrogen-bond donors (Lipinski definition) is 2. The first-order chi connectivity index (χ1) is 11.5. The van der Waals surface area contributed by atoms with Crippen molar-refractivity contribution in [3.05, 3.63) is 40.4 Å². The Bertz CT molecular complexity index is 784. The van der Waals surface area contributed by atoms with Crippen LogP contribution >= 0.6 is 0 Å². The van der Waals surface area contributed by atoms with Crippen molar-refractivity contribution in [2.24, 2.45) is 0 Å². The van der Waals surface area contributed by atoms with E-state index in [1.807, 2.05) is 12.1 Å². The topological polar surface area (TPSA) is 91.0 Å². The van der Waals surface area contributed by atoms with Crippen molar-refractivity contribution in [1.29, 1.82) is 0 Å². The first kappa shape index (κ1) is 16.2. The van der Waals surface area contributed by atoms with E-state index in [-0.39, 0.29) is 17.5 Å². The number of carbonyl (C=O) groups excluding carboxylic acids is 1. The van der Waals surface area contributed by atoms with Crippen molar-refractivity contribution in [3.63, 3.8) is 0 Å². The summed E-state index contributed by atoms with van der Waals surface area (Å²) >= 11 is 0. The van der Waals surface area contributed by atoms with Gasteiger partial charge in [0.2, 0.25) is 5.91 Å². The van der Waals surface area contributed by atoms with Crippen LogP contribution in [-0.2, 0) is 4.79 Å². The number of aromatic nitrogens is 3. The van der Waals surface area contributed by atoms with Crippen molar-refractivity contribution in [1.82, 2.24) is 20.3 Å². The van der Waals surface area contributed by atoms with Crippen LogP contribution in [0.1, 0.15) is 25.5 Å². The number of amides is 1. The molecular formula is C17H21N5O2. The van der Waals surface area contributed by atoms with Gasteiger partial charge in [0.15, 0.2) is 0 Å². The third kappa shape index (κ3) is 3.79. The zero-order chi connectivity index (χ0) is 17.1. The number of aromatic amines is 1. The molecule has 0 spiro atoms. The molecule has 1 aliphatic rings. The number of rotatable bonds is 3. The number of H-pyrrole nitrogens is 1. The third-order valence-electron chi connectivity index (χ3n) is 4.04. The van der Waals surface area contributed by atoms with Gasteiger partial charge < -0.3 is 15.2 Å². The molecule has 1 fully saturated rings. The summed E-state index contributed by atoms with van der Waals surface area (Å²) in [5.41, 5.74) is 1.28. The van der Waals surface area contributed by atoms with E-state index in [0.29, 0.717) is 11.5 Å². The number of nitrogens with one attached hydrogen (secondary N) is 2. The summed E-state index contributed by atoms with van der Waals surface area (Å²) in [6.07, 6.45) is 3.72. The number of aryl methyl sites for hydroxylation is 1. The maximum absolute atomic E-state index is 11.6. The van der Waals surface area contributed by atoms with Crippen molar-refractivity contribution < 1.29 is 4.79 Å². The molecule has 0 aromatic carbocycles. The Morgan fingerprint density at radius 3 is 2.92 bits per heavy atom. The van der Waals surface area contributed by atoms with Gasteiger partial charge in [-0.3, -0.25) is 9.59 Å². The Labute approximate surface area is 140 Å². The van der Waals surface area contributed by atoms with Crippen LogP contribution in [-0.4, -0.2) is 40.0 Å². The molecule has 24 heavy (non-hydrogen) atoms. The van der Waals surface area contributed by atoms with E-state index in [4.69, 9.17) is 0 Å². The molecule has 3 heterocycles. The Balaban J connectivity index is 1.76. The highest BCUT2D eigenvalue weighted by atomic mass is 16.1. The van der Waals surface area contributed by atoms with Crippen LogP contribution in [0.3, 0.4) is 0 Å². The van der Waals surface area contributed by atoms with E-state index in [9.17, 15) is 9.59 Å². The Morgan fingerprint density at radius 2 is 2.25 bits per heavy atom. The number of hydrogen-bond acceptors (Lipinski definition) is 5. The van der Waals surface area contributed by atoms with E-state index in [2.05, 4.69) is 25.2 Å². The standard InChI is InChI=1S/C17H21N5O2/c1-11-8-16(24)21-17(19-11)13-5-6-15(18-9-13)22-7-3-4-14(10-22)20-12(2)23/h5-6,8-9,14H,3-4,7,10H2,1-2H3,(H,20,23)(H,19,21,24)/t14-/m0/s1. The molecular weight excluding hydrogens is 306 g/mol. The number of anilines is 1. The molecule has 0 aliphatic carbocycles. The number of pyridine rings is 1. The third-order valence-corrected chi connectivity index (χ3v) is 4.04. The molecule has 1 saturated heterocycles. The largest absolute Gasteiger partial charge is 0.355 e. The second-order valence-electron chi connectivity index (χ2n) is 6.13. The molecule has 2 aromatic heterocycles. The van der Waals surface area contributed by atoms with Crippen molar-refractivity contribution in [2.75, 3.05) is 18.0 Å². The fourth-order valence-corrected chi connectivity index (χ4v) is 3.02. The van der Waals surface area contributed by atoms with Crippen LogP contribution < -0.4 is 15.8 Å². The van der Waals surface area contributed by atoms with Gasteiger partial charge in [0, 0.05) is 49.6 Å². The lowest BCUT2D eigenvalue weighted by Gasteiger charge is -2.33. The zero-order valence-electron chi connectivity index (χ0n) is 13.9. The average molecular weight is 327 g/mol. The second-order valence-corrected chi connectivity index (χ2v) is 6.13. The van der Waals surface area contributed by atoms with Gasteiger partial charge in [0.05, 0.1) is 0 Å². The Morgan fingerprint density at radius 1 is 1.42 bits per heavy atom. The minimum absolute atomic E-state index is 0.000340. The van der Waals surface area contributed by atoms with E-state index in [1.54, 1.807) is 20.0 Å². The van der Waals surface area contributed by atoms with Crippen molar-refractivity contribution in [3.8, 4) is 11.4 Å². The van der Waals surface area contributed by atoms with Crippen LogP contribution in [0.2, 0.25) is 0 Å². The van der Waals surface area contributed by atoms with Crippen molar-refractivity contribution in [2.45, 2.75) is 32.7 Å². The van der Waals surface area contributed by atoms with E-state index >= 15 is 0 Å². The quantitative estimate of drug-likeness (QED) is 0.885. The fourth-order valence-electron chi connectivity index (χ4n) is 3.02. The molecule has 1 amide bonds. The predicted octanol–water partition coefficient (Wildman–Crippen LogP) is 1.25. The molecule has 0 unspecified atom stereocenters. The maximum Gasteiger partial charge on any atom is 0.251 e. The van der Waals surface area contributed by atoms with Gasteiger partial charge in [-0.15, -0.1) is 0 Å². The highest BCUT2D eigenvalue weighted by Crippen LogP contribution is 2.20. The fraction of sp³-hybridized carbons (Fsp3) is 0.412. The smallest absolute Gasteiger partial charge is 0.251 e. The summed E-state index contributed by atoms with van der Waals surface area (Å²) < 4.78 is 0. The lowest BCUT2D eigenvalue weighted by molar-refractivity contribution is -0.119. The normalized spacial score (nSPS) is 17.6. The van der Waals surface area contributed by atoms with Gasteiger partial charge in [-0.2, -0.15) is 0 Å². The minimum atomic E-state index is -0.171. The van der Waals surface area contributed by atoms with Gasteiger partial charge in [0.25, 0.3) is 5.56 Å². The predicted molar refractivity (Wildman–Crippen MR) is 91.9 cm³/mol. The molecule has 3 rings (SSSR count). The number of carbonyl (C=O) groups is 1. The van der Waals surface area contributed by atoms with Gasteiger partial charge in [-0.1, -0.05) is 0 Å². The van der Waals surface area contributed by atoms with Crippen molar-refractivity contribution >= 4 is 11.7 Å². The Kier molecular flexibility index (Phi) is 4.59. The molecule has 126 valence electrons. The lowest BCUT2D eigenvalue weighted by Crippen LogP contribution is -2.47. The second kappa shape index (κ2) is 6.82. The molecule has 2 N–H and O–H groups in total. The van der Waals surface area contributed by atoms with Gasteiger partial charge in [0.1, 0.15) is 11.6 Å². The molecule has 0 radical (unpaired) electrons. The SMILES string of the molecule is CC(=O)N[C@H]1CCCN(c2ccc(-c3nc(C)cc(=O)[nH]3)cn2)C1. The monoisotopic (exact) mass is 327 g/mol. The molecule has 0 bridgehead atoms. The van der Waals surface area contributed by atoms with Crippen LogP contribution in [0.4, 0.5) is 5.82 Å². The van der Waals surface area contributed by atoms with Crippen LogP contribution in [0.5, 0.6) is 0 Å². The maximum atomic E-state index is 11.6. The number of piperidine rings is 1. The Hall–Kier alpha value is -2.70. The van der Waals surface area contributed by atoms with Crippen LogP contribution in [0.25, 0.3) is 11.4 Å². The summed E-state index contributed by atoms with van der Waals surface area (Å²) in [4.78, 5) is 36.5. The summed E-state index contributed by atoms with van der Waals surface area (Å²) in [5, 5.41) is 2.97. The van der Waals surface area contributed by atoms with Gasteiger partial charge in [-0.25, -0.2) is 9.97 Å². The molecule has 1 aliphatic heterocycles. The summed E-state index contributed by atoms with van der Waals surface area (Å²) in [7, 11) is 0. The highest BCUT2D eigenvalue weighted by molar-refractivity contribution is 5.73. The lowest BCUT2D eigenvalue weighted by atomic mass is 10.1. The van der Waals surface area contributed by atoms with Gasteiger partial charge >= 0.3 is 0 Å². The zero-order valence-corrected chi connectivity index (χ0v) is 13.9. The molecule has 7 heteroatoms. The van der Waals surface area contributed by atoms with E-state index < -0.39 is 0 Å².